The normalized spacial score (nSPS) is 33.2. The summed E-state index contributed by atoms with van der Waals surface area (Å²) in [4.78, 5) is 31.0. The Hall–Kier alpha value is -2.82. The van der Waals surface area contributed by atoms with Crippen LogP contribution in [0.3, 0.4) is 0 Å². The molecule has 1 saturated carbocycles. The van der Waals surface area contributed by atoms with Gasteiger partial charge in [0.2, 0.25) is 15.9 Å². The van der Waals surface area contributed by atoms with Crippen molar-refractivity contribution in [2.45, 2.75) is 94.3 Å². The third-order valence-corrected chi connectivity index (χ3v) is 14.5. The molecule has 3 aliphatic heterocycles. The molecule has 7 rings (SSSR count). The molecule has 2 N–H and O–H groups in total. The fraction of sp³-hybridized carbons (Fsp3) is 0.622. The van der Waals surface area contributed by atoms with Crippen molar-refractivity contribution in [2.75, 3.05) is 37.7 Å². The van der Waals surface area contributed by atoms with Crippen LogP contribution in [0.2, 0.25) is 5.02 Å². The number of aryl methyl sites for hydroxylation is 1. The zero-order valence-electron chi connectivity index (χ0n) is 28.0. The van der Waals surface area contributed by atoms with Crippen LogP contribution in [0.15, 0.2) is 36.4 Å². The Morgan fingerprint density at radius 1 is 1.06 bits per heavy atom. The van der Waals surface area contributed by atoms with E-state index in [1.54, 1.807) is 25.1 Å². The van der Waals surface area contributed by atoms with Gasteiger partial charge in [-0.3, -0.25) is 9.59 Å². The van der Waals surface area contributed by atoms with Crippen molar-refractivity contribution in [1.82, 2.24) is 9.62 Å². The molecule has 2 aliphatic carbocycles. The molecular weight excluding hydrogens is 650 g/mol. The first-order chi connectivity index (χ1) is 22.9. The van der Waals surface area contributed by atoms with Crippen LogP contribution in [0.4, 0.5) is 5.69 Å². The lowest BCUT2D eigenvalue weighted by Gasteiger charge is -2.50. The Bertz CT molecular complexity index is 1700. The first-order valence-electron chi connectivity index (χ1n) is 17.7. The predicted molar refractivity (Wildman–Crippen MR) is 186 cm³/mol. The number of likely N-dealkylation sites (tertiary alicyclic amines) is 1. The Balaban J connectivity index is 1.29. The molecular formula is C37H48ClN3O6S. The number of fused-ring (bicyclic) bond motifs is 4. The number of carbonyl (C=O) groups excluding carboxylic acids is 2. The first kappa shape index (κ1) is 33.7. The highest BCUT2D eigenvalue weighted by atomic mass is 35.5. The molecule has 1 spiro atoms. The van der Waals surface area contributed by atoms with E-state index in [-0.39, 0.29) is 41.1 Å². The number of nitrogens with zero attached hydrogens (tertiary/aromatic N) is 2. The quantitative estimate of drug-likeness (QED) is 0.428. The van der Waals surface area contributed by atoms with Crippen LogP contribution in [-0.2, 0) is 26.7 Å². The van der Waals surface area contributed by atoms with E-state index >= 15 is 0 Å². The van der Waals surface area contributed by atoms with E-state index in [1.807, 2.05) is 17.9 Å². The first-order valence-corrected chi connectivity index (χ1v) is 19.7. The zero-order valence-corrected chi connectivity index (χ0v) is 29.6. The van der Waals surface area contributed by atoms with Crippen molar-refractivity contribution in [1.29, 1.82) is 0 Å². The smallest absolute Gasteiger partial charge is 0.264 e. The lowest BCUT2D eigenvalue weighted by atomic mass is 9.61. The summed E-state index contributed by atoms with van der Waals surface area (Å²) in [7, 11) is -3.98. The summed E-state index contributed by atoms with van der Waals surface area (Å²) in [5, 5.41) is 12.3. The molecule has 2 fully saturated rings. The van der Waals surface area contributed by atoms with Gasteiger partial charge in [-0.05, 0) is 118 Å². The monoisotopic (exact) mass is 697 g/mol. The third kappa shape index (κ3) is 6.22. The van der Waals surface area contributed by atoms with Gasteiger partial charge in [-0.25, -0.2) is 13.1 Å². The number of amides is 2. The van der Waals surface area contributed by atoms with Gasteiger partial charge in [0, 0.05) is 42.2 Å². The van der Waals surface area contributed by atoms with E-state index < -0.39 is 26.8 Å². The van der Waals surface area contributed by atoms with E-state index in [9.17, 15) is 23.1 Å². The maximum atomic E-state index is 13.5. The molecule has 0 aromatic heterocycles. The number of aliphatic hydroxyl groups is 1. The van der Waals surface area contributed by atoms with E-state index in [0.717, 1.165) is 57.3 Å². The Morgan fingerprint density at radius 2 is 1.88 bits per heavy atom. The van der Waals surface area contributed by atoms with E-state index in [4.69, 9.17) is 16.3 Å². The molecule has 6 atom stereocenters. The lowest BCUT2D eigenvalue weighted by Crippen LogP contribution is -2.55. The molecule has 48 heavy (non-hydrogen) atoms. The van der Waals surface area contributed by atoms with E-state index in [2.05, 4.69) is 21.8 Å². The average molecular weight is 698 g/mol. The summed E-state index contributed by atoms with van der Waals surface area (Å²) < 4.78 is 35.8. The van der Waals surface area contributed by atoms with Crippen molar-refractivity contribution >= 4 is 39.1 Å². The van der Waals surface area contributed by atoms with Crippen LogP contribution in [0, 0.1) is 17.8 Å². The maximum Gasteiger partial charge on any atom is 0.264 e. The van der Waals surface area contributed by atoms with Crippen molar-refractivity contribution in [3.8, 4) is 5.75 Å². The van der Waals surface area contributed by atoms with Crippen LogP contribution < -0.4 is 14.4 Å². The standard InChI is InChI=1S/C37H48ClN3O6S/c1-24-6-3-15-37(44,20-34(42)40-16-5-17-40)31-11-8-28(31)21-41-22-36(14-4-7-26-18-29(38)10-12-30(26)36)23-47-33-13-9-27(19-32(33)41)35(43)39-48(45,46)25(24)2/h9-10,12-13,18-19,24-25,28,31,44H,3-8,11,14-17,20-23H2,1-2H3,(H,39,43)/t24-,25+,28-,31+,36-,37-/m0/s1. The zero-order chi connectivity index (χ0) is 33.8. The number of carbonyl (C=O) groups is 2. The Morgan fingerprint density at radius 3 is 2.60 bits per heavy atom. The number of sulfonamides is 1. The van der Waals surface area contributed by atoms with Crippen LogP contribution in [-0.4, -0.2) is 73.9 Å². The molecule has 11 heteroatoms. The highest BCUT2D eigenvalue weighted by Gasteiger charge is 2.50. The molecule has 2 amide bonds. The SMILES string of the molecule is C[C@@H]1[C@@H](C)CCC[C@](O)(CC(=O)N2CCC2)[C@@H]2CC[C@H]2CN2C[C@@]3(CCCc4cc(Cl)ccc43)COc3ccc(cc32)C(=O)NS1(=O)=O. The van der Waals surface area contributed by atoms with Gasteiger partial charge in [0.25, 0.3) is 5.91 Å². The fourth-order valence-electron chi connectivity index (χ4n) is 8.93. The minimum atomic E-state index is -3.98. The predicted octanol–water partition coefficient (Wildman–Crippen LogP) is 5.46. The minimum Gasteiger partial charge on any atom is -0.490 e. The second kappa shape index (κ2) is 12.8. The summed E-state index contributed by atoms with van der Waals surface area (Å²) in [6.45, 7) is 6.71. The third-order valence-electron chi connectivity index (χ3n) is 12.3. The van der Waals surface area contributed by atoms with Gasteiger partial charge < -0.3 is 19.6 Å². The molecule has 0 unspecified atom stereocenters. The van der Waals surface area contributed by atoms with Gasteiger partial charge in [-0.1, -0.05) is 31.0 Å². The van der Waals surface area contributed by atoms with Gasteiger partial charge in [0.15, 0.2) is 0 Å². The second-order valence-corrected chi connectivity index (χ2v) is 17.8. The number of halogens is 1. The minimum absolute atomic E-state index is 0.00472. The van der Waals surface area contributed by atoms with Gasteiger partial charge in [0.1, 0.15) is 5.75 Å². The lowest BCUT2D eigenvalue weighted by molar-refractivity contribution is -0.149. The molecule has 0 radical (unpaired) electrons. The molecule has 2 bridgehead atoms. The molecule has 2 aromatic rings. The van der Waals surface area contributed by atoms with E-state index in [1.165, 1.54) is 11.1 Å². The molecule has 9 nitrogen and oxygen atoms in total. The van der Waals surface area contributed by atoms with Gasteiger partial charge >= 0.3 is 0 Å². The molecule has 260 valence electrons. The Labute approximate surface area is 289 Å². The van der Waals surface area contributed by atoms with Crippen LogP contribution in [0.1, 0.15) is 93.1 Å². The average Bonchev–Trinajstić information content (AvgIpc) is 3.13. The summed E-state index contributed by atoms with van der Waals surface area (Å²) in [6, 6.07) is 11.3. The number of ether oxygens (including phenoxy) is 1. The number of hydrogen-bond acceptors (Lipinski definition) is 7. The molecule has 1 saturated heterocycles. The summed E-state index contributed by atoms with van der Waals surface area (Å²) in [5.74, 6) is -0.186. The largest absolute Gasteiger partial charge is 0.490 e. The number of rotatable bonds is 2. The van der Waals surface area contributed by atoms with Crippen LogP contribution >= 0.6 is 11.6 Å². The van der Waals surface area contributed by atoms with Crippen molar-refractivity contribution in [3.63, 3.8) is 0 Å². The highest BCUT2D eigenvalue weighted by molar-refractivity contribution is 7.90. The molecule has 3 heterocycles. The molecule has 5 aliphatic rings. The maximum absolute atomic E-state index is 13.5. The second-order valence-electron chi connectivity index (χ2n) is 15.3. The van der Waals surface area contributed by atoms with Crippen molar-refractivity contribution < 1.29 is 27.9 Å². The van der Waals surface area contributed by atoms with Crippen molar-refractivity contribution in [2.24, 2.45) is 17.8 Å². The van der Waals surface area contributed by atoms with Gasteiger partial charge in [0.05, 0.1) is 29.6 Å². The Kier molecular flexibility index (Phi) is 8.99. The topological polar surface area (TPSA) is 116 Å². The van der Waals surface area contributed by atoms with Gasteiger partial charge in [-0.15, -0.1) is 0 Å². The number of nitrogens with one attached hydrogen (secondary N) is 1. The summed E-state index contributed by atoms with van der Waals surface area (Å²) >= 11 is 6.44. The number of anilines is 1. The summed E-state index contributed by atoms with van der Waals surface area (Å²) in [6.07, 6.45) is 7.29. The van der Waals surface area contributed by atoms with Crippen molar-refractivity contribution in [3.05, 3.63) is 58.1 Å². The summed E-state index contributed by atoms with van der Waals surface area (Å²) in [5.41, 5.74) is 1.96. The van der Waals surface area contributed by atoms with Gasteiger partial charge in [-0.2, -0.15) is 0 Å². The van der Waals surface area contributed by atoms with E-state index in [0.29, 0.717) is 49.7 Å². The van der Waals surface area contributed by atoms with Crippen LogP contribution in [0.5, 0.6) is 5.75 Å². The fourth-order valence-corrected chi connectivity index (χ4v) is 10.4. The highest BCUT2D eigenvalue weighted by Crippen LogP contribution is 2.50. The number of hydrogen-bond donors (Lipinski definition) is 2. The van der Waals surface area contributed by atoms with Crippen LogP contribution in [0.25, 0.3) is 0 Å². The molecule has 2 aromatic carbocycles. The number of benzene rings is 2.